The SMILES string of the molecule is Cc1ccccc1-c1ccc(-c2ccc([N+](=O)[O-])c(O)c2O)nc1. The topological polar surface area (TPSA) is 96.5 Å². The summed E-state index contributed by atoms with van der Waals surface area (Å²) in [5.41, 5.74) is 3.18. The monoisotopic (exact) mass is 322 g/mol. The zero-order valence-electron chi connectivity index (χ0n) is 12.8. The van der Waals surface area contributed by atoms with E-state index in [1.807, 2.05) is 37.3 Å². The third-order valence-electron chi connectivity index (χ3n) is 3.82. The van der Waals surface area contributed by atoms with Crippen LogP contribution in [-0.4, -0.2) is 20.1 Å². The van der Waals surface area contributed by atoms with Crippen LogP contribution in [0.25, 0.3) is 22.4 Å². The molecule has 0 unspecified atom stereocenters. The number of aromatic hydroxyl groups is 2. The summed E-state index contributed by atoms with van der Waals surface area (Å²) in [6, 6.07) is 13.9. The molecular formula is C18H14N2O4. The van der Waals surface area contributed by atoms with E-state index in [1.54, 1.807) is 12.3 Å². The van der Waals surface area contributed by atoms with E-state index in [-0.39, 0.29) is 5.56 Å². The van der Waals surface area contributed by atoms with Crippen LogP contribution in [0.3, 0.4) is 0 Å². The van der Waals surface area contributed by atoms with Crippen LogP contribution in [0, 0.1) is 17.0 Å². The van der Waals surface area contributed by atoms with Crippen LogP contribution >= 0.6 is 0 Å². The molecule has 0 bridgehead atoms. The van der Waals surface area contributed by atoms with Crippen LogP contribution in [0.5, 0.6) is 11.5 Å². The van der Waals surface area contributed by atoms with Gasteiger partial charge in [0.15, 0.2) is 5.75 Å². The van der Waals surface area contributed by atoms with Gasteiger partial charge in [0, 0.05) is 23.4 Å². The molecule has 0 saturated heterocycles. The van der Waals surface area contributed by atoms with Crippen molar-refractivity contribution in [2.75, 3.05) is 0 Å². The Balaban J connectivity index is 2.02. The van der Waals surface area contributed by atoms with Gasteiger partial charge in [0.05, 0.1) is 10.6 Å². The van der Waals surface area contributed by atoms with Crippen molar-refractivity contribution < 1.29 is 15.1 Å². The van der Waals surface area contributed by atoms with Crippen molar-refractivity contribution >= 4 is 5.69 Å². The van der Waals surface area contributed by atoms with Crippen molar-refractivity contribution in [3.05, 3.63) is 70.4 Å². The molecule has 1 heterocycles. The van der Waals surface area contributed by atoms with Gasteiger partial charge in [-0.15, -0.1) is 0 Å². The standard InChI is InChI=1S/C18H14N2O4/c1-11-4-2-3-5-13(11)12-6-8-15(19-10-12)14-7-9-16(20(23)24)18(22)17(14)21/h2-10,21-22H,1H3. The van der Waals surface area contributed by atoms with E-state index in [0.717, 1.165) is 22.8 Å². The molecule has 0 aliphatic rings. The summed E-state index contributed by atoms with van der Waals surface area (Å²) in [7, 11) is 0. The number of aromatic nitrogens is 1. The average Bonchev–Trinajstić information content (AvgIpc) is 2.58. The first-order valence-corrected chi connectivity index (χ1v) is 7.21. The van der Waals surface area contributed by atoms with Crippen LogP contribution in [0.15, 0.2) is 54.7 Å². The lowest BCUT2D eigenvalue weighted by Gasteiger charge is -2.08. The van der Waals surface area contributed by atoms with Crippen molar-refractivity contribution in [1.29, 1.82) is 0 Å². The summed E-state index contributed by atoms with van der Waals surface area (Å²) >= 11 is 0. The van der Waals surface area contributed by atoms with Crippen LogP contribution in [0.4, 0.5) is 5.69 Å². The van der Waals surface area contributed by atoms with Crippen molar-refractivity contribution in [1.82, 2.24) is 4.98 Å². The molecule has 0 saturated carbocycles. The van der Waals surface area contributed by atoms with Gasteiger partial charge in [-0.05, 0) is 30.2 Å². The molecule has 24 heavy (non-hydrogen) atoms. The molecule has 0 radical (unpaired) electrons. The number of phenols is 2. The summed E-state index contributed by atoms with van der Waals surface area (Å²) in [6.45, 7) is 2.00. The molecule has 2 aromatic carbocycles. The highest BCUT2D eigenvalue weighted by Gasteiger charge is 2.21. The van der Waals surface area contributed by atoms with Gasteiger partial charge in [0.1, 0.15) is 0 Å². The van der Waals surface area contributed by atoms with Crippen molar-refractivity contribution in [2.24, 2.45) is 0 Å². The van der Waals surface area contributed by atoms with Crippen LogP contribution in [0.1, 0.15) is 5.56 Å². The second kappa shape index (κ2) is 6.00. The van der Waals surface area contributed by atoms with Crippen molar-refractivity contribution in [3.8, 4) is 33.9 Å². The average molecular weight is 322 g/mol. The van der Waals surface area contributed by atoms with E-state index in [2.05, 4.69) is 4.98 Å². The molecule has 2 N–H and O–H groups in total. The predicted molar refractivity (Wildman–Crippen MR) is 89.8 cm³/mol. The van der Waals surface area contributed by atoms with E-state index in [4.69, 9.17) is 0 Å². The minimum absolute atomic E-state index is 0.231. The van der Waals surface area contributed by atoms with E-state index in [1.165, 1.54) is 6.07 Å². The second-order valence-corrected chi connectivity index (χ2v) is 5.33. The Labute approximate surface area is 137 Å². The number of pyridine rings is 1. The Kier molecular flexibility index (Phi) is 3.87. The molecular weight excluding hydrogens is 308 g/mol. The number of hydrogen-bond donors (Lipinski definition) is 2. The molecule has 6 nitrogen and oxygen atoms in total. The maximum Gasteiger partial charge on any atom is 0.314 e. The summed E-state index contributed by atoms with van der Waals surface area (Å²) < 4.78 is 0. The highest BCUT2D eigenvalue weighted by Crippen LogP contribution is 2.42. The summed E-state index contributed by atoms with van der Waals surface area (Å²) in [6.07, 6.45) is 1.66. The normalized spacial score (nSPS) is 10.5. The minimum atomic E-state index is -0.762. The smallest absolute Gasteiger partial charge is 0.314 e. The largest absolute Gasteiger partial charge is 0.504 e. The predicted octanol–water partition coefficient (Wildman–Crippen LogP) is 4.04. The maximum atomic E-state index is 10.8. The maximum absolute atomic E-state index is 10.8. The lowest BCUT2D eigenvalue weighted by Crippen LogP contribution is -1.91. The van der Waals surface area contributed by atoms with Gasteiger partial charge < -0.3 is 10.2 Å². The van der Waals surface area contributed by atoms with E-state index in [0.29, 0.717) is 5.69 Å². The van der Waals surface area contributed by atoms with Gasteiger partial charge in [-0.25, -0.2) is 0 Å². The first-order valence-electron chi connectivity index (χ1n) is 7.21. The fourth-order valence-corrected chi connectivity index (χ4v) is 2.53. The van der Waals surface area contributed by atoms with E-state index in [9.17, 15) is 20.3 Å². The van der Waals surface area contributed by atoms with E-state index < -0.39 is 22.1 Å². The second-order valence-electron chi connectivity index (χ2n) is 5.33. The lowest BCUT2D eigenvalue weighted by molar-refractivity contribution is -0.385. The van der Waals surface area contributed by atoms with Crippen LogP contribution < -0.4 is 0 Å². The molecule has 1 aromatic heterocycles. The number of hydrogen-bond acceptors (Lipinski definition) is 5. The quantitative estimate of drug-likeness (QED) is 0.431. The van der Waals surface area contributed by atoms with Gasteiger partial charge in [0.2, 0.25) is 5.75 Å². The molecule has 0 aliphatic heterocycles. The zero-order valence-corrected chi connectivity index (χ0v) is 12.8. The first-order chi connectivity index (χ1) is 11.5. The fourth-order valence-electron chi connectivity index (χ4n) is 2.53. The number of rotatable bonds is 3. The number of benzene rings is 2. The first kappa shape index (κ1) is 15.5. The number of nitrogens with zero attached hydrogens (tertiary/aromatic N) is 2. The Morgan fingerprint density at radius 1 is 0.958 bits per heavy atom. The third kappa shape index (κ3) is 2.65. The molecule has 3 aromatic rings. The van der Waals surface area contributed by atoms with E-state index >= 15 is 0 Å². The Hall–Kier alpha value is -3.41. The number of aryl methyl sites for hydroxylation is 1. The van der Waals surface area contributed by atoms with Gasteiger partial charge in [0.25, 0.3) is 0 Å². The number of nitro benzene ring substituents is 1. The summed E-state index contributed by atoms with van der Waals surface area (Å²) in [5.74, 6) is -1.32. The highest BCUT2D eigenvalue weighted by atomic mass is 16.6. The molecule has 0 amide bonds. The fraction of sp³-hybridized carbons (Fsp3) is 0.0556. The number of nitro groups is 1. The molecule has 3 rings (SSSR count). The molecule has 6 heteroatoms. The van der Waals surface area contributed by atoms with Crippen molar-refractivity contribution in [3.63, 3.8) is 0 Å². The van der Waals surface area contributed by atoms with Gasteiger partial charge in [-0.1, -0.05) is 30.3 Å². The Bertz CT molecular complexity index is 921. The van der Waals surface area contributed by atoms with Gasteiger partial charge in [-0.3, -0.25) is 15.1 Å². The van der Waals surface area contributed by atoms with Crippen molar-refractivity contribution in [2.45, 2.75) is 6.92 Å². The Morgan fingerprint density at radius 3 is 2.33 bits per heavy atom. The molecule has 0 fully saturated rings. The zero-order chi connectivity index (χ0) is 17.3. The van der Waals surface area contributed by atoms with Crippen LogP contribution in [0.2, 0.25) is 0 Å². The highest BCUT2D eigenvalue weighted by molar-refractivity contribution is 5.76. The summed E-state index contributed by atoms with van der Waals surface area (Å²) in [4.78, 5) is 14.3. The Morgan fingerprint density at radius 2 is 1.71 bits per heavy atom. The van der Waals surface area contributed by atoms with Gasteiger partial charge in [-0.2, -0.15) is 0 Å². The molecule has 0 spiro atoms. The molecule has 0 aliphatic carbocycles. The van der Waals surface area contributed by atoms with Gasteiger partial charge >= 0.3 is 5.69 Å². The third-order valence-corrected chi connectivity index (χ3v) is 3.82. The molecule has 0 atom stereocenters. The summed E-state index contributed by atoms with van der Waals surface area (Å²) in [5, 5.41) is 30.6. The minimum Gasteiger partial charge on any atom is -0.504 e. The molecule has 120 valence electrons. The number of phenolic OH excluding ortho intramolecular Hbond substituents is 2. The lowest BCUT2D eigenvalue weighted by atomic mass is 10.0. The van der Waals surface area contributed by atoms with Crippen LogP contribution in [-0.2, 0) is 0 Å².